The van der Waals surface area contributed by atoms with Crippen molar-refractivity contribution in [3.05, 3.63) is 22.0 Å². The van der Waals surface area contributed by atoms with E-state index in [0.717, 1.165) is 19.3 Å². The molecule has 7 heteroatoms. The summed E-state index contributed by atoms with van der Waals surface area (Å²) >= 11 is 0. The average Bonchev–Trinajstić information content (AvgIpc) is 3.04. The van der Waals surface area contributed by atoms with Crippen LogP contribution in [0.2, 0.25) is 0 Å². The van der Waals surface area contributed by atoms with Crippen molar-refractivity contribution < 1.29 is 9.72 Å². The molecule has 2 unspecified atom stereocenters. The molecule has 0 aromatic carbocycles. The highest BCUT2D eigenvalue weighted by molar-refractivity contribution is 5.96. The van der Waals surface area contributed by atoms with Gasteiger partial charge in [0.1, 0.15) is 6.20 Å². The van der Waals surface area contributed by atoms with Crippen LogP contribution >= 0.6 is 0 Å². The molecule has 2 fully saturated rings. The monoisotopic (exact) mass is 264 g/mol. The molecular weight excluding hydrogens is 248 g/mol. The molecule has 1 aliphatic carbocycles. The molecule has 1 amide bonds. The van der Waals surface area contributed by atoms with Gasteiger partial charge in [0.25, 0.3) is 5.91 Å². The minimum Gasteiger partial charge on any atom is -0.337 e. The summed E-state index contributed by atoms with van der Waals surface area (Å²) in [5.74, 6) is 0.845. The van der Waals surface area contributed by atoms with Crippen LogP contribution in [0.3, 0.4) is 0 Å². The van der Waals surface area contributed by atoms with E-state index in [0.29, 0.717) is 11.8 Å². The van der Waals surface area contributed by atoms with Crippen LogP contribution in [0.4, 0.5) is 5.69 Å². The summed E-state index contributed by atoms with van der Waals surface area (Å²) in [6, 6.07) is 0. The summed E-state index contributed by atoms with van der Waals surface area (Å²) in [5, 5.41) is 16.9. The molecule has 2 heterocycles. The van der Waals surface area contributed by atoms with Crippen molar-refractivity contribution in [2.24, 2.45) is 11.8 Å². The molecular formula is C12H16N4O3. The van der Waals surface area contributed by atoms with Crippen LogP contribution < -0.4 is 0 Å². The quantitative estimate of drug-likeness (QED) is 0.648. The Bertz CT molecular complexity index is 499. The maximum atomic E-state index is 12.3. The van der Waals surface area contributed by atoms with Gasteiger partial charge in [0.05, 0.1) is 4.92 Å². The number of nitrogens with zero attached hydrogens (tertiary/aromatic N) is 3. The van der Waals surface area contributed by atoms with E-state index in [1.807, 2.05) is 0 Å². The van der Waals surface area contributed by atoms with Crippen molar-refractivity contribution in [2.45, 2.75) is 25.7 Å². The van der Waals surface area contributed by atoms with Crippen LogP contribution in [0.5, 0.6) is 0 Å². The lowest BCUT2D eigenvalue weighted by Crippen LogP contribution is -2.29. The molecule has 1 saturated carbocycles. The number of nitrogens with one attached hydrogen (secondary N) is 1. The third-order valence-corrected chi connectivity index (χ3v) is 4.29. The zero-order valence-electron chi connectivity index (χ0n) is 10.5. The van der Waals surface area contributed by atoms with Crippen molar-refractivity contribution in [3.8, 4) is 0 Å². The zero-order valence-corrected chi connectivity index (χ0v) is 10.5. The van der Waals surface area contributed by atoms with Crippen molar-refractivity contribution in [1.29, 1.82) is 0 Å². The molecule has 1 aliphatic heterocycles. The molecule has 19 heavy (non-hydrogen) atoms. The second kappa shape index (κ2) is 4.64. The molecule has 102 valence electrons. The predicted molar refractivity (Wildman–Crippen MR) is 66.6 cm³/mol. The fraction of sp³-hybridized carbons (Fsp3) is 0.667. The number of H-pyrrole nitrogens is 1. The van der Waals surface area contributed by atoms with E-state index < -0.39 is 4.92 Å². The van der Waals surface area contributed by atoms with E-state index in [9.17, 15) is 14.9 Å². The standard InChI is InChI=1S/C12H16N4O3/c17-12(11-10(16(18)19)5-13-14-11)15-6-8-3-1-2-4-9(8)7-15/h5,8-9H,1-4,6-7H2,(H,13,14). The van der Waals surface area contributed by atoms with Crippen molar-refractivity contribution in [1.82, 2.24) is 15.1 Å². The Hall–Kier alpha value is -1.92. The summed E-state index contributed by atoms with van der Waals surface area (Å²) in [6.45, 7) is 1.44. The van der Waals surface area contributed by atoms with Gasteiger partial charge in [0, 0.05) is 13.1 Å². The number of hydrogen-bond acceptors (Lipinski definition) is 4. The third-order valence-electron chi connectivity index (χ3n) is 4.29. The number of hydrogen-bond donors (Lipinski definition) is 1. The number of fused-ring (bicyclic) bond motifs is 1. The Morgan fingerprint density at radius 1 is 1.37 bits per heavy atom. The van der Waals surface area contributed by atoms with E-state index >= 15 is 0 Å². The first-order valence-corrected chi connectivity index (χ1v) is 6.64. The van der Waals surface area contributed by atoms with Gasteiger partial charge in [-0.2, -0.15) is 5.10 Å². The minimum absolute atomic E-state index is 0.00338. The smallest absolute Gasteiger partial charge is 0.319 e. The van der Waals surface area contributed by atoms with Crippen LogP contribution in [0.25, 0.3) is 0 Å². The number of amides is 1. The first kappa shape index (κ1) is 12.1. The van der Waals surface area contributed by atoms with Gasteiger partial charge in [0.15, 0.2) is 0 Å². The molecule has 3 rings (SSSR count). The highest BCUT2D eigenvalue weighted by Gasteiger charge is 2.38. The zero-order chi connectivity index (χ0) is 13.4. The van der Waals surface area contributed by atoms with Gasteiger partial charge in [-0.25, -0.2) is 0 Å². The van der Waals surface area contributed by atoms with Crippen LogP contribution in [-0.2, 0) is 0 Å². The Morgan fingerprint density at radius 3 is 2.58 bits per heavy atom. The number of aromatic nitrogens is 2. The third kappa shape index (κ3) is 2.09. The van der Waals surface area contributed by atoms with Gasteiger partial charge >= 0.3 is 5.69 Å². The molecule has 2 aliphatic rings. The molecule has 2 atom stereocenters. The van der Waals surface area contributed by atoms with Gasteiger partial charge in [-0.15, -0.1) is 0 Å². The average molecular weight is 264 g/mol. The van der Waals surface area contributed by atoms with Crippen molar-refractivity contribution in [2.75, 3.05) is 13.1 Å². The Morgan fingerprint density at radius 2 is 2.00 bits per heavy atom. The highest BCUT2D eigenvalue weighted by Crippen LogP contribution is 2.36. The maximum Gasteiger partial charge on any atom is 0.319 e. The summed E-state index contributed by atoms with van der Waals surface area (Å²) in [6.07, 6.45) is 5.89. The molecule has 1 aromatic rings. The van der Waals surface area contributed by atoms with Gasteiger partial charge < -0.3 is 4.90 Å². The summed E-state index contributed by atoms with van der Waals surface area (Å²) < 4.78 is 0. The molecule has 1 aromatic heterocycles. The molecule has 0 bridgehead atoms. The number of likely N-dealkylation sites (tertiary alicyclic amines) is 1. The SMILES string of the molecule is O=C(c1[nH]ncc1[N+](=O)[O-])N1CC2CCCCC2C1. The first-order valence-electron chi connectivity index (χ1n) is 6.64. The highest BCUT2D eigenvalue weighted by atomic mass is 16.6. The lowest BCUT2D eigenvalue weighted by molar-refractivity contribution is -0.385. The number of aromatic amines is 1. The number of rotatable bonds is 2. The largest absolute Gasteiger partial charge is 0.337 e. The first-order chi connectivity index (χ1) is 9.16. The summed E-state index contributed by atoms with van der Waals surface area (Å²) in [5.41, 5.74) is -0.233. The van der Waals surface area contributed by atoms with E-state index in [1.54, 1.807) is 4.90 Å². The normalized spacial score (nSPS) is 26.2. The maximum absolute atomic E-state index is 12.3. The number of carbonyl (C=O) groups is 1. The fourth-order valence-corrected chi connectivity index (χ4v) is 3.31. The molecule has 1 saturated heterocycles. The Kier molecular flexibility index (Phi) is 2.96. The fourth-order valence-electron chi connectivity index (χ4n) is 3.31. The predicted octanol–water partition coefficient (Wildman–Crippen LogP) is 1.58. The molecule has 7 nitrogen and oxygen atoms in total. The Labute approximate surface area is 110 Å². The summed E-state index contributed by atoms with van der Waals surface area (Å²) in [4.78, 5) is 24.3. The van der Waals surface area contributed by atoms with Crippen molar-refractivity contribution >= 4 is 11.6 Å². The van der Waals surface area contributed by atoms with E-state index in [-0.39, 0.29) is 17.3 Å². The van der Waals surface area contributed by atoms with Crippen LogP contribution in [0.15, 0.2) is 6.20 Å². The minimum atomic E-state index is -0.570. The molecule has 0 radical (unpaired) electrons. The van der Waals surface area contributed by atoms with Crippen LogP contribution in [-0.4, -0.2) is 39.0 Å². The lowest BCUT2D eigenvalue weighted by atomic mass is 9.82. The number of carbonyl (C=O) groups excluding carboxylic acids is 1. The van der Waals surface area contributed by atoms with Gasteiger partial charge in [-0.3, -0.25) is 20.0 Å². The van der Waals surface area contributed by atoms with Crippen LogP contribution in [0.1, 0.15) is 36.2 Å². The van der Waals surface area contributed by atoms with E-state index in [1.165, 1.54) is 25.7 Å². The topological polar surface area (TPSA) is 92.1 Å². The van der Waals surface area contributed by atoms with Crippen LogP contribution in [0, 0.1) is 22.0 Å². The van der Waals surface area contributed by atoms with E-state index in [2.05, 4.69) is 10.2 Å². The van der Waals surface area contributed by atoms with Gasteiger partial charge in [0.2, 0.25) is 5.69 Å². The second-order valence-corrected chi connectivity index (χ2v) is 5.40. The van der Waals surface area contributed by atoms with Gasteiger partial charge in [-0.1, -0.05) is 12.8 Å². The second-order valence-electron chi connectivity index (χ2n) is 5.40. The number of nitro groups is 1. The summed E-state index contributed by atoms with van der Waals surface area (Å²) in [7, 11) is 0. The molecule has 1 N–H and O–H groups in total. The Balaban J connectivity index is 1.77. The molecule has 0 spiro atoms. The van der Waals surface area contributed by atoms with Gasteiger partial charge in [-0.05, 0) is 24.7 Å². The van der Waals surface area contributed by atoms with Crippen molar-refractivity contribution in [3.63, 3.8) is 0 Å². The lowest BCUT2D eigenvalue weighted by Gasteiger charge is -2.22. The van der Waals surface area contributed by atoms with E-state index in [4.69, 9.17) is 0 Å².